The van der Waals surface area contributed by atoms with Crippen molar-refractivity contribution in [3.8, 4) is 0 Å². The molecule has 0 aromatic rings. The molecule has 1 aliphatic heterocycles. The molecule has 2 nitrogen and oxygen atoms in total. The van der Waals surface area contributed by atoms with Crippen LogP contribution < -0.4 is 0 Å². The van der Waals surface area contributed by atoms with Crippen molar-refractivity contribution in [3.63, 3.8) is 0 Å². The average molecular weight is 203 g/mol. The molecule has 1 heterocycles. The summed E-state index contributed by atoms with van der Waals surface area (Å²) in [6.45, 7) is 9.28. The largest absolute Gasteiger partial charge is 0.374 e. The molecule has 0 bridgehead atoms. The Morgan fingerprint density at radius 1 is 1.50 bits per heavy atom. The van der Waals surface area contributed by atoms with E-state index in [2.05, 4.69) is 11.8 Å². The number of hydrogen-bond acceptors (Lipinski definition) is 2. The highest BCUT2D eigenvalue weighted by molar-refractivity contribution is 4.95. The van der Waals surface area contributed by atoms with E-state index in [1.165, 1.54) is 0 Å². The minimum absolute atomic E-state index is 0.132. The van der Waals surface area contributed by atoms with Gasteiger partial charge >= 0.3 is 0 Å². The molecule has 14 heavy (non-hydrogen) atoms. The Morgan fingerprint density at radius 2 is 2.07 bits per heavy atom. The zero-order valence-electron chi connectivity index (χ0n) is 9.93. The summed E-state index contributed by atoms with van der Waals surface area (Å²) in [5.41, 5.74) is -0.273. The molecule has 1 aliphatic rings. The van der Waals surface area contributed by atoms with Crippen LogP contribution in [-0.2, 0) is 4.74 Å². The molecule has 3 heteroatoms. The maximum atomic E-state index is 13.2. The van der Waals surface area contributed by atoms with E-state index in [9.17, 15) is 4.39 Å². The van der Waals surface area contributed by atoms with Gasteiger partial charge in [-0.15, -0.1) is 0 Å². The second-order valence-electron chi connectivity index (χ2n) is 5.58. The second kappa shape index (κ2) is 3.78. The number of likely N-dealkylation sites (tertiary alicyclic amines) is 1. The maximum absolute atomic E-state index is 13.2. The Morgan fingerprint density at radius 3 is 2.43 bits per heavy atom. The van der Waals surface area contributed by atoms with E-state index in [0.29, 0.717) is 19.6 Å². The van der Waals surface area contributed by atoms with Crippen molar-refractivity contribution in [1.82, 2.24) is 4.90 Å². The number of likely N-dealkylation sites (N-methyl/N-ethyl adjacent to an activating group) is 1. The molecule has 0 spiro atoms. The van der Waals surface area contributed by atoms with E-state index < -0.39 is 6.17 Å². The highest BCUT2D eigenvalue weighted by Gasteiger charge is 2.40. The summed E-state index contributed by atoms with van der Waals surface area (Å²) in [7, 11) is 1.96. The smallest absolute Gasteiger partial charge is 0.115 e. The fourth-order valence-corrected chi connectivity index (χ4v) is 1.76. The van der Waals surface area contributed by atoms with Gasteiger partial charge in [-0.05, 0) is 34.7 Å². The summed E-state index contributed by atoms with van der Waals surface area (Å²) < 4.78 is 18.9. The molecule has 0 radical (unpaired) electrons. The number of ether oxygens (including phenoxy) is 1. The fourth-order valence-electron chi connectivity index (χ4n) is 1.76. The van der Waals surface area contributed by atoms with Crippen LogP contribution in [-0.4, -0.2) is 42.4 Å². The normalized spacial score (nSPS) is 35.1. The maximum Gasteiger partial charge on any atom is 0.115 e. The zero-order valence-corrected chi connectivity index (χ0v) is 9.93. The first-order valence-corrected chi connectivity index (χ1v) is 5.22. The molecule has 0 aromatic carbocycles. The van der Waals surface area contributed by atoms with Gasteiger partial charge in [0.15, 0.2) is 0 Å². The summed E-state index contributed by atoms with van der Waals surface area (Å²) in [5, 5.41) is 0. The van der Waals surface area contributed by atoms with Gasteiger partial charge in [0.1, 0.15) is 6.17 Å². The van der Waals surface area contributed by atoms with Crippen LogP contribution in [0.25, 0.3) is 0 Å². The monoisotopic (exact) mass is 203 g/mol. The van der Waals surface area contributed by atoms with Crippen molar-refractivity contribution in [2.75, 3.05) is 20.2 Å². The Bertz CT molecular complexity index is 202. The first kappa shape index (κ1) is 11.9. The highest BCUT2D eigenvalue weighted by Crippen LogP contribution is 2.30. The predicted molar refractivity (Wildman–Crippen MR) is 56.3 cm³/mol. The van der Waals surface area contributed by atoms with E-state index in [-0.39, 0.29) is 11.1 Å². The third-order valence-electron chi connectivity index (χ3n) is 2.87. The average Bonchev–Trinajstić information content (AvgIpc) is 2.22. The number of halogens is 1. The van der Waals surface area contributed by atoms with Crippen molar-refractivity contribution in [3.05, 3.63) is 0 Å². The Kier molecular flexibility index (Phi) is 3.22. The van der Waals surface area contributed by atoms with E-state index in [4.69, 9.17) is 4.74 Å². The van der Waals surface area contributed by atoms with E-state index in [0.717, 1.165) is 0 Å². The lowest BCUT2D eigenvalue weighted by Crippen LogP contribution is -2.44. The van der Waals surface area contributed by atoms with E-state index in [1.807, 2.05) is 27.8 Å². The summed E-state index contributed by atoms with van der Waals surface area (Å²) in [4.78, 5) is 2.06. The molecule has 1 fully saturated rings. The van der Waals surface area contributed by atoms with Crippen molar-refractivity contribution >= 4 is 0 Å². The molecule has 0 aromatic heterocycles. The Balaban J connectivity index is 2.50. The quantitative estimate of drug-likeness (QED) is 0.682. The molecule has 1 saturated heterocycles. The zero-order chi connectivity index (χ0) is 11.0. The molecule has 0 N–H and O–H groups in total. The topological polar surface area (TPSA) is 12.5 Å². The Labute approximate surface area is 86.4 Å². The van der Waals surface area contributed by atoms with Crippen LogP contribution in [0, 0.1) is 0 Å². The first-order chi connectivity index (χ1) is 6.23. The van der Waals surface area contributed by atoms with E-state index >= 15 is 0 Å². The van der Waals surface area contributed by atoms with Gasteiger partial charge in [-0.3, -0.25) is 4.90 Å². The minimum atomic E-state index is -0.700. The van der Waals surface area contributed by atoms with Crippen molar-refractivity contribution in [2.45, 2.75) is 51.4 Å². The van der Waals surface area contributed by atoms with Gasteiger partial charge in [0.05, 0.1) is 12.2 Å². The SMILES string of the molecule is CN1CC(F)CC1(C)COC(C)(C)C. The molecule has 0 aliphatic carbocycles. The summed E-state index contributed by atoms with van der Waals surface area (Å²) in [5.74, 6) is 0. The summed E-state index contributed by atoms with van der Waals surface area (Å²) >= 11 is 0. The number of nitrogens with zero attached hydrogens (tertiary/aromatic N) is 1. The van der Waals surface area contributed by atoms with Gasteiger partial charge in [0, 0.05) is 18.5 Å². The third-order valence-corrected chi connectivity index (χ3v) is 2.87. The van der Waals surface area contributed by atoms with Crippen LogP contribution in [0.15, 0.2) is 0 Å². The molecular weight excluding hydrogens is 181 g/mol. The minimum Gasteiger partial charge on any atom is -0.374 e. The van der Waals surface area contributed by atoms with Gasteiger partial charge in [-0.2, -0.15) is 0 Å². The standard InChI is InChI=1S/C11H22FNO/c1-10(2,3)14-8-11(4)6-9(12)7-13(11)5/h9H,6-8H2,1-5H3. The van der Waals surface area contributed by atoms with Gasteiger partial charge in [0.25, 0.3) is 0 Å². The Hall–Kier alpha value is -0.150. The van der Waals surface area contributed by atoms with Crippen molar-refractivity contribution < 1.29 is 9.13 Å². The van der Waals surface area contributed by atoms with Gasteiger partial charge in [0.2, 0.25) is 0 Å². The molecular formula is C11H22FNO. The van der Waals surface area contributed by atoms with Crippen LogP contribution in [0.1, 0.15) is 34.1 Å². The molecule has 2 unspecified atom stereocenters. The van der Waals surface area contributed by atoms with Crippen LogP contribution in [0.3, 0.4) is 0 Å². The molecule has 2 atom stereocenters. The third kappa shape index (κ3) is 2.92. The molecule has 84 valence electrons. The fraction of sp³-hybridized carbons (Fsp3) is 1.00. The van der Waals surface area contributed by atoms with Crippen molar-refractivity contribution in [2.24, 2.45) is 0 Å². The molecule has 0 amide bonds. The molecule has 1 rings (SSSR count). The van der Waals surface area contributed by atoms with E-state index in [1.54, 1.807) is 0 Å². The van der Waals surface area contributed by atoms with Crippen LogP contribution in [0.5, 0.6) is 0 Å². The highest BCUT2D eigenvalue weighted by atomic mass is 19.1. The predicted octanol–water partition coefficient (Wildman–Crippen LogP) is 2.23. The lowest BCUT2D eigenvalue weighted by atomic mass is 9.99. The lowest BCUT2D eigenvalue weighted by Gasteiger charge is -2.34. The number of alkyl halides is 1. The van der Waals surface area contributed by atoms with Gasteiger partial charge < -0.3 is 4.74 Å². The van der Waals surface area contributed by atoms with Gasteiger partial charge in [-0.25, -0.2) is 4.39 Å². The van der Waals surface area contributed by atoms with Crippen LogP contribution in [0.2, 0.25) is 0 Å². The summed E-state index contributed by atoms with van der Waals surface area (Å²) in [6, 6.07) is 0. The van der Waals surface area contributed by atoms with Crippen LogP contribution in [0.4, 0.5) is 4.39 Å². The number of hydrogen-bond donors (Lipinski definition) is 0. The summed E-state index contributed by atoms with van der Waals surface area (Å²) in [6.07, 6.45) is -0.117. The number of rotatable bonds is 2. The second-order valence-corrected chi connectivity index (χ2v) is 5.58. The molecule has 0 saturated carbocycles. The van der Waals surface area contributed by atoms with Crippen LogP contribution >= 0.6 is 0 Å². The van der Waals surface area contributed by atoms with Crippen molar-refractivity contribution in [1.29, 1.82) is 0 Å². The lowest BCUT2D eigenvalue weighted by molar-refractivity contribution is -0.0520. The van der Waals surface area contributed by atoms with Gasteiger partial charge in [-0.1, -0.05) is 0 Å². The first-order valence-electron chi connectivity index (χ1n) is 5.22.